The van der Waals surface area contributed by atoms with Gasteiger partial charge >= 0.3 is 5.97 Å². The number of pyridine rings is 2. The summed E-state index contributed by atoms with van der Waals surface area (Å²) in [5, 5.41) is 10.5. The lowest BCUT2D eigenvalue weighted by Crippen LogP contribution is -2.11. The van der Waals surface area contributed by atoms with Crippen molar-refractivity contribution in [3.8, 4) is 0 Å². The first-order chi connectivity index (χ1) is 11.1. The number of ether oxygens (including phenoxy) is 1. The summed E-state index contributed by atoms with van der Waals surface area (Å²) in [7, 11) is 0. The van der Waals surface area contributed by atoms with E-state index in [2.05, 4.69) is 15.0 Å². The van der Waals surface area contributed by atoms with Crippen LogP contribution in [0.4, 0.5) is 5.69 Å². The fourth-order valence-electron chi connectivity index (χ4n) is 1.70. The molecule has 0 radical (unpaired) electrons. The Balaban J connectivity index is 2.45. The number of aromatic nitrogens is 2. The number of hydrogen-bond donors (Lipinski definition) is 1. The van der Waals surface area contributed by atoms with Crippen molar-refractivity contribution in [2.75, 3.05) is 6.61 Å². The average Bonchev–Trinajstić information content (AvgIpc) is 2.56. The third kappa shape index (κ3) is 4.37. The first kappa shape index (κ1) is 16.6. The molecule has 0 atom stereocenters. The minimum absolute atomic E-state index is 0.0732. The first-order valence-electron chi connectivity index (χ1n) is 6.78. The van der Waals surface area contributed by atoms with Gasteiger partial charge in [-0.15, -0.1) is 0 Å². The van der Waals surface area contributed by atoms with E-state index in [0.29, 0.717) is 5.69 Å². The minimum Gasteiger partial charge on any atom is -0.506 e. The second-order valence-corrected chi connectivity index (χ2v) is 4.65. The monoisotopic (exact) mass is 331 g/mol. The molecule has 2 aromatic heterocycles. The van der Waals surface area contributed by atoms with Crippen molar-refractivity contribution in [3.05, 3.63) is 59.1 Å². The van der Waals surface area contributed by atoms with Gasteiger partial charge in [0.25, 0.3) is 0 Å². The van der Waals surface area contributed by atoms with Gasteiger partial charge in [0, 0.05) is 24.8 Å². The Morgan fingerprint density at radius 3 is 2.74 bits per heavy atom. The van der Waals surface area contributed by atoms with E-state index >= 15 is 0 Å². The molecule has 2 rings (SSSR count). The number of halogens is 1. The molecular weight excluding hydrogens is 318 g/mol. The predicted octanol–water partition coefficient (Wildman–Crippen LogP) is 3.36. The molecule has 7 heteroatoms. The van der Waals surface area contributed by atoms with Crippen LogP contribution in [0.3, 0.4) is 0 Å². The second kappa shape index (κ2) is 8.05. The molecule has 23 heavy (non-hydrogen) atoms. The van der Waals surface area contributed by atoms with E-state index in [0.717, 1.165) is 0 Å². The molecule has 0 bridgehead atoms. The molecule has 0 fully saturated rings. The SMILES string of the molecule is CCOC(=O)/C(C=Nc1ccncc1)=C(/O)c1cccnc1Cl. The molecule has 0 saturated carbocycles. The minimum atomic E-state index is -0.706. The van der Waals surface area contributed by atoms with Gasteiger partial charge in [-0.05, 0) is 31.2 Å². The molecule has 0 aliphatic rings. The summed E-state index contributed by atoms with van der Waals surface area (Å²) >= 11 is 5.95. The summed E-state index contributed by atoms with van der Waals surface area (Å²) in [5.74, 6) is -1.05. The topological polar surface area (TPSA) is 84.7 Å². The quantitative estimate of drug-likeness (QED) is 0.298. The highest BCUT2D eigenvalue weighted by atomic mass is 35.5. The van der Waals surface area contributed by atoms with Crippen molar-refractivity contribution in [3.63, 3.8) is 0 Å². The standard InChI is InChI=1S/C16H14ClN3O3/c1-2-23-16(22)13(10-20-11-5-8-18-9-6-11)14(21)12-4-3-7-19-15(12)17/h3-10,21H,2H2,1H3/b14-13+,20-10?. The van der Waals surface area contributed by atoms with Gasteiger partial charge in [-0.3, -0.25) is 9.98 Å². The smallest absolute Gasteiger partial charge is 0.343 e. The molecule has 0 saturated heterocycles. The highest BCUT2D eigenvalue weighted by molar-refractivity contribution is 6.31. The van der Waals surface area contributed by atoms with Gasteiger partial charge in [0.2, 0.25) is 0 Å². The third-order valence-electron chi connectivity index (χ3n) is 2.77. The third-order valence-corrected chi connectivity index (χ3v) is 3.07. The molecule has 0 amide bonds. The van der Waals surface area contributed by atoms with Gasteiger partial charge < -0.3 is 9.84 Å². The lowest BCUT2D eigenvalue weighted by atomic mass is 10.1. The fourth-order valence-corrected chi connectivity index (χ4v) is 1.91. The Labute approximate surface area is 138 Å². The van der Waals surface area contributed by atoms with Crippen molar-refractivity contribution in [1.29, 1.82) is 0 Å². The molecule has 6 nitrogen and oxygen atoms in total. The van der Waals surface area contributed by atoms with E-state index < -0.39 is 5.97 Å². The van der Waals surface area contributed by atoms with E-state index in [1.807, 2.05) is 0 Å². The zero-order chi connectivity index (χ0) is 16.7. The second-order valence-electron chi connectivity index (χ2n) is 4.29. The number of carbonyl (C=O) groups is 1. The van der Waals surface area contributed by atoms with E-state index in [1.165, 1.54) is 12.4 Å². The van der Waals surface area contributed by atoms with Crippen molar-refractivity contribution >= 4 is 35.2 Å². The van der Waals surface area contributed by atoms with E-state index in [9.17, 15) is 9.90 Å². The summed E-state index contributed by atoms with van der Waals surface area (Å²) in [6.45, 7) is 1.84. The van der Waals surface area contributed by atoms with Crippen LogP contribution in [-0.2, 0) is 9.53 Å². The molecule has 118 valence electrons. The van der Waals surface area contributed by atoms with Crippen LogP contribution in [0, 0.1) is 0 Å². The van der Waals surface area contributed by atoms with Crippen molar-refractivity contribution in [2.45, 2.75) is 6.92 Å². The van der Waals surface area contributed by atoms with Gasteiger partial charge in [0.1, 0.15) is 16.5 Å². The van der Waals surface area contributed by atoms with Crippen molar-refractivity contribution in [1.82, 2.24) is 9.97 Å². The Morgan fingerprint density at radius 1 is 1.35 bits per heavy atom. The molecule has 0 aliphatic heterocycles. The van der Waals surface area contributed by atoms with Crippen LogP contribution in [-0.4, -0.2) is 33.9 Å². The summed E-state index contributed by atoms with van der Waals surface area (Å²) in [6, 6.07) is 6.46. The summed E-state index contributed by atoms with van der Waals surface area (Å²) in [5.41, 5.74) is 0.684. The van der Waals surface area contributed by atoms with Crippen molar-refractivity contribution < 1.29 is 14.6 Å². The number of aliphatic imine (C=N–C) groups is 1. The average molecular weight is 332 g/mol. The van der Waals surface area contributed by atoms with E-state index in [-0.39, 0.29) is 28.7 Å². The van der Waals surface area contributed by atoms with Gasteiger partial charge in [-0.2, -0.15) is 0 Å². The zero-order valence-corrected chi connectivity index (χ0v) is 13.1. The maximum absolute atomic E-state index is 12.1. The number of carbonyl (C=O) groups excluding carboxylic acids is 1. The van der Waals surface area contributed by atoms with Gasteiger partial charge in [-0.1, -0.05) is 11.6 Å². The lowest BCUT2D eigenvalue weighted by Gasteiger charge is -2.07. The van der Waals surface area contributed by atoms with Crippen LogP contribution >= 0.6 is 11.6 Å². The van der Waals surface area contributed by atoms with Gasteiger partial charge in [0.05, 0.1) is 17.9 Å². The number of aliphatic hydroxyl groups is 1. The number of hydrogen-bond acceptors (Lipinski definition) is 6. The molecular formula is C16H14ClN3O3. The normalized spacial score (nSPS) is 12.1. The highest BCUT2D eigenvalue weighted by Gasteiger charge is 2.18. The van der Waals surface area contributed by atoms with E-state index in [4.69, 9.17) is 16.3 Å². The highest BCUT2D eigenvalue weighted by Crippen LogP contribution is 2.23. The number of nitrogens with zero attached hydrogens (tertiary/aromatic N) is 3. The summed E-state index contributed by atoms with van der Waals surface area (Å²) < 4.78 is 4.95. The number of esters is 1. The molecule has 0 aliphatic carbocycles. The van der Waals surface area contributed by atoms with Gasteiger partial charge in [-0.25, -0.2) is 9.78 Å². The molecule has 0 aromatic carbocycles. The number of rotatable bonds is 5. The van der Waals surface area contributed by atoms with Gasteiger partial charge in [0.15, 0.2) is 0 Å². The van der Waals surface area contributed by atoms with E-state index in [1.54, 1.807) is 43.6 Å². The zero-order valence-electron chi connectivity index (χ0n) is 12.3. The maximum atomic E-state index is 12.1. The van der Waals surface area contributed by atoms with Crippen LogP contribution < -0.4 is 0 Å². The molecule has 1 N–H and O–H groups in total. The molecule has 2 aromatic rings. The predicted molar refractivity (Wildman–Crippen MR) is 87.8 cm³/mol. The first-order valence-corrected chi connectivity index (χ1v) is 7.16. The Morgan fingerprint density at radius 2 is 2.09 bits per heavy atom. The Hall–Kier alpha value is -2.73. The Bertz CT molecular complexity index is 745. The summed E-state index contributed by atoms with van der Waals surface area (Å²) in [4.78, 5) is 24.0. The fraction of sp³-hybridized carbons (Fsp3) is 0.125. The van der Waals surface area contributed by atoms with Crippen LogP contribution in [0.2, 0.25) is 5.15 Å². The van der Waals surface area contributed by atoms with Crippen molar-refractivity contribution in [2.24, 2.45) is 4.99 Å². The van der Waals surface area contributed by atoms with Crippen LogP contribution in [0.1, 0.15) is 12.5 Å². The largest absolute Gasteiger partial charge is 0.506 e. The van der Waals surface area contributed by atoms with Crippen LogP contribution in [0.15, 0.2) is 53.4 Å². The van der Waals surface area contributed by atoms with Crippen LogP contribution in [0.25, 0.3) is 5.76 Å². The maximum Gasteiger partial charge on any atom is 0.343 e. The molecule has 0 spiro atoms. The molecule has 0 unspecified atom stereocenters. The lowest BCUT2D eigenvalue weighted by molar-refractivity contribution is -0.137. The Kier molecular flexibility index (Phi) is 5.82. The van der Waals surface area contributed by atoms with Crippen LogP contribution in [0.5, 0.6) is 0 Å². The molecule has 2 heterocycles. The number of aliphatic hydroxyl groups excluding tert-OH is 1. The summed E-state index contributed by atoms with van der Waals surface area (Å²) in [6.07, 6.45) is 5.84.